The average molecular weight is 380 g/mol. The van der Waals surface area contributed by atoms with E-state index in [-0.39, 0.29) is 18.4 Å². The van der Waals surface area contributed by atoms with Crippen LogP contribution >= 0.6 is 0 Å². The SMILES string of the molecule is N#CCOc1ccccc1[C@@H]1Nc2ccc3ccccc3c2C2=C1C(=O)CCC2. The summed E-state index contributed by atoms with van der Waals surface area (Å²) >= 11 is 0. The average Bonchev–Trinajstić information content (AvgIpc) is 2.77. The minimum atomic E-state index is -0.277. The third-order valence-electron chi connectivity index (χ3n) is 5.80. The van der Waals surface area contributed by atoms with Crippen LogP contribution in [0.2, 0.25) is 0 Å². The van der Waals surface area contributed by atoms with Crippen LogP contribution in [0.4, 0.5) is 5.69 Å². The highest BCUT2D eigenvalue weighted by Crippen LogP contribution is 2.49. The summed E-state index contributed by atoms with van der Waals surface area (Å²) in [6.45, 7) is -0.0230. The number of nitrogens with zero attached hydrogens (tertiary/aromatic N) is 1. The Morgan fingerprint density at radius 3 is 2.76 bits per heavy atom. The lowest BCUT2D eigenvalue weighted by atomic mass is 9.76. The van der Waals surface area contributed by atoms with E-state index in [2.05, 4.69) is 29.6 Å². The zero-order chi connectivity index (χ0) is 19.8. The van der Waals surface area contributed by atoms with Gasteiger partial charge in [-0.05, 0) is 41.3 Å². The summed E-state index contributed by atoms with van der Waals surface area (Å²) in [6.07, 6.45) is 2.33. The van der Waals surface area contributed by atoms with E-state index in [1.807, 2.05) is 42.5 Å². The van der Waals surface area contributed by atoms with Gasteiger partial charge in [-0.3, -0.25) is 4.79 Å². The number of benzene rings is 3. The van der Waals surface area contributed by atoms with Crippen LogP contribution in [-0.4, -0.2) is 12.4 Å². The van der Waals surface area contributed by atoms with Gasteiger partial charge in [-0.1, -0.05) is 48.5 Å². The predicted molar refractivity (Wildman–Crippen MR) is 114 cm³/mol. The molecule has 3 aromatic rings. The highest BCUT2D eigenvalue weighted by Gasteiger charge is 2.36. The molecule has 1 aliphatic carbocycles. The van der Waals surface area contributed by atoms with Crippen LogP contribution in [0.5, 0.6) is 5.75 Å². The molecular formula is C25H20N2O2. The fraction of sp³-hybridized carbons (Fsp3) is 0.200. The molecular weight excluding hydrogens is 360 g/mol. The van der Waals surface area contributed by atoms with E-state index in [4.69, 9.17) is 10.00 Å². The Morgan fingerprint density at radius 1 is 1.03 bits per heavy atom. The van der Waals surface area contributed by atoms with Crippen molar-refractivity contribution >= 4 is 27.8 Å². The third-order valence-corrected chi connectivity index (χ3v) is 5.80. The first kappa shape index (κ1) is 17.5. The minimum absolute atomic E-state index is 0.0230. The van der Waals surface area contributed by atoms with Gasteiger partial charge in [0.1, 0.15) is 11.8 Å². The molecule has 4 nitrogen and oxygen atoms in total. The van der Waals surface area contributed by atoms with Crippen molar-refractivity contribution in [3.05, 3.63) is 77.4 Å². The molecule has 1 aliphatic heterocycles. The molecule has 0 aromatic heterocycles. The molecule has 2 aliphatic rings. The maximum Gasteiger partial charge on any atom is 0.174 e. The van der Waals surface area contributed by atoms with Gasteiger partial charge in [-0.25, -0.2) is 0 Å². The highest BCUT2D eigenvalue weighted by molar-refractivity contribution is 6.12. The van der Waals surface area contributed by atoms with Crippen LogP contribution in [0, 0.1) is 11.3 Å². The standard InChI is InChI=1S/C25H20N2O2/c26-14-15-29-22-11-4-3-8-18(22)25-24-19(9-5-10-21(24)28)23-17-7-2-1-6-16(17)12-13-20(23)27-25/h1-4,6-8,11-13,25,27H,5,9-10,15H2/t25-/m0/s1. The van der Waals surface area contributed by atoms with Crippen molar-refractivity contribution in [2.24, 2.45) is 0 Å². The van der Waals surface area contributed by atoms with Gasteiger partial charge in [-0.15, -0.1) is 0 Å². The zero-order valence-electron chi connectivity index (χ0n) is 15.9. The van der Waals surface area contributed by atoms with Crippen LogP contribution in [0.3, 0.4) is 0 Å². The summed E-state index contributed by atoms with van der Waals surface area (Å²) in [7, 11) is 0. The molecule has 3 aromatic carbocycles. The molecule has 5 rings (SSSR count). The van der Waals surface area contributed by atoms with Crippen molar-refractivity contribution in [1.82, 2.24) is 0 Å². The Hall–Kier alpha value is -3.58. The Labute approximate surface area is 169 Å². The predicted octanol–water partition coefficient (Wildman–Crippen LogP) is 5.42. The number of para-hydroxylation sites is 1. The maximum atomic E-state index is 13.1. The molecule has 0 fully saturated rings. The van der Waals surface area contributed by atoms with E-state index >= 15 is 0 Å². The van der Waals surface area contributed by atoms with E-state index in [1.54, 1.807) is 0 Å². The smallest absolute Gasteiger partial charge is 0.174 e. The number of ether oxygens (including phenoxy) is 1. The Morgan fingerprint density at radius 2 is 1.86 bits per heavy atom. The molecule has 0 spiro atoms. The zero-order valence-corrected chi connectivity index (χ0v) is 15.9. The first-order valence-electron chi connectivity index (χ1n) is 9.91. The van der Waals surface area contributed by atoms with Gasteiger partial charge in [0.2, 0.25) is 0 Å². The number of hydrogen-bond donors (Lipinski definition) is 1. The summed E-state index contributed by atoms with van der Waals surface area (Å²) in [5.41, 5.74) is 5.07. The number of rotatable bonds is 3. The first-order valence-corrected chi connectivity index (χ1v) is 9.91. The summed E-state index contributed by atoms with van der Waals surface area (Å²) < 4.78 is 5.68. The van der Waals surface area contributed by atoms with Crippen LogP contribution in [-0.2, 0) is 4.79 Å². The highest BCUT2D eigenvalue weighted by atomic mass is 16.5. The van der Waals surface area contributed by atoms with Gasteiger partial charge in [0, 0.05) is 28.8 Å². The van der Waals surface area contributed by atoms with Gasteiger partial charge in [-0.2, -0.15) is 5.26 Å². The molecule has 4 heteroatoms. The van der Waals surface area contributed by atoms with Crippen LogP contribution < -0.4 is 10.1 Å². The van der Waals surface area contributed by atoms with Crippen molar-refractivity contribution in [1.29, 1.82) is 5.26 Å². The Kier molecular flexibility index (Phi) is 4.29. The summed E-state index contributed by atoms with van der Waals surface area (Å²) in [6, 6.07) is 22.0. The monoisotopic (exact) mass is 380 g/mol. The number of Topliss-reactive ketones (excluding diaryl/α,β-unsaturated/α-hetero) is 1. The summed E-state index contributed by atoms with van der Waals surface area (Å²) in [4.78, 5) is 13.1. The molecule has 1 N–H and O–H groups in total. The van der Waals surface area contributed by atoms with Gasteiger partial charge in [0.25, 0.3) is 0 Å². The van der Waals surface area contributed by atoms with E-state index in [9.17, 15) is 4.79 Å². The molecule has 0 amide bonds. The number of fused-ring (bicyclic) bond motifs is 4. The van der Waals surface area contributed by atoms with E-state index < -0.39 is 0 Å². The van der Waals surface area contributed by atoms with Crippen LogP contribution in [0.25, 0.3) is 16.3 Å². The number of hydrogen-bond acceptors (Lipinski definition) is 4. The lowest BCUT2D eigenvalue weighted by Gasteiger charge is -2.35. The largest absolute Gasteiger partial charge is 0.478 e. The Bertz CT molecular complexity index is 1200. The van der Waals surface area contributed by atoms with Crippen LogP contribution in [0.1, 0.15) is 36.4 Å². The quantitative estimate of drug-likeness (QED) is 0.659. The van der Waals surface area contributed by atoms with Crippen LogP contribution in [0.15, 0.2) is 66.2 Å². The number of nitriles is 1. The number of nitrogens with one attached hydrogen (secondary N) is 1. The molecule has 0 radical (unpaired) electrons. The molecule has 1 atom stereocenters. The lowest BCUT2D eigenvalue weighted by molar-refractivity contribution is -0.116. The number of allylic oxidation sites excluding steroid dienone is 1. The second-order valence-electron chi connectivity index (χ2n) is 7.44. The second kappa shape index (κ2) is 7.10. The molecule has 1 heterocycles. The number of carbonyl (C=O) groups excluding carboxylic acids is 1. The normalized spacial score (nSPS) is 17.9. The third kappa shape index (κ3) is 2.87. The van der Waals surface area contributed by atoms with Gasteiger partial charge < -0.3 is 10.1 Å². The van der Waals surface area contributed by atoms with Crippen molar-refractivity contribution < 1.29 is 9.53 Å². The molecule has 29 heavy (non-hydrogen) atoms. The fourth-order valence-corrected chi connectivity index (χ4v) is 4.60. The number of anilines is 1. The molecule has 142 valence electrons. The van der Waals surface area contributed by atoms with Crippen molar-refractivity contribution in [3.8, 4) is 11.8 Å². The van der Waals surface area contributed by atoms with E-state index in [0.29, 0.717) is 12.2 Å². The number of ketones is 1. The van der Waals surface area contributed by atoms with Gasteiger partial charge in [0.05, 0.1) is 6.04 Å². The maximum absolute atomic E-state index is 13.1. The molecule has 0 unspecified atom stereocenters. The van der Waals surface area contributed by atoms with Crippen molar-refractivity contribution in [2.45, 2.75) is 25.3 Å². The van der Waals surface area contributed by atoms with Crippen molar-refractivity contribution in [3.63, 3.8) is 0 Å². The fourth-order valence-electron chi connectivity index (χ4n) is 4.60. The van der Waals surface area contributed by atoms with Gasteiger partial charge in [0.15, 0.2) is 12.4 Å². The molecule has 0 saturated heterocycles. The van der Waals surface area contributed by atoms with E-state index in [1.165, 1.54) is 10.8 Å². The van der Waals surface area contributed by atoms with E-state index in [0.717, 1.165) is 40.8 Å². The second-order valence-corrected chi connectivity index (χ2v) is 7.44. The molecule has 0 saturated carbocycles. The Balaban J connectivity index is 1.73. The lowest BCUT2D eigenvalue weighted by Crippen LogP contribution is -2.27. The first-order chi connectivity index (χ1) is 14.3. The van der Waals surface area contributed by atoms with Gasteiger partial charge >= 0.3 is 0 Å². The molecule has 0 bridgehead atoms. The minimum Gasteiger partial charge on any atom is -0.478 e. The summed E-state index contributed by atoms with van der Waals surface area (Å²) in [5.74, 6) is 0.832. The topological polar surface area (TPSA) is 62.1 Å². The number of carbonyl (C=O) groups is 1. The van der Waals surface area contributed by atoms with Crippen molar-refractivity contribution in [2.75, 3.05) is 11.9 Å². The summed E-state index contributed by atoms with van der Waals surface area (Å²) in [5, 5.41) is 14.9.